The summed E-state index contributed by atoms with van der Waals surface area (Å²) in [5, 5.41) is 0. The molecule has 1 heterocycles. The number of nitrogens with zero attached hydrogens (tertiary/aromatic N) is 1. The molecule has 0 aromatic carbocycles. The van der Waals surface area contributed by atoms with E-state index in [0.717, 1.165) is 6.54 Å². The second-order valence-corrected chi connectivity index (χ2v) is 3.98. The maximum absolute atomic E-state index is 4.37. The Morgan fingerprint density at radius 3 is 2.90 bits per heavy atom. The van der Waals surface area contributed by atoms with Gasteiger partial charge in [-0.15, -0.1) is 0 Å². The first-order chi connectivity index (χ1) is 4.70. The van der Waals surface area contributed by atoms with Gasteiger partial charge in [-0.05, 0) is 29.8 Å². The van der Waals surface area contributed by atoms with Crippen molar-refractivity contribution in [1.29, 1.82) is 0 Å². The Bertz CT molecular complexity index is 178. The van der Waals surface area contributed by atoms with E-state index in [1.807, 2.05) is 6.92 Å². The Hall–Kier alpha value is -0.110. The summed E-state index contributed by atoms with van der Waals surface area (Å²) in [6, 6.07) is 0. The van der Waals surface area contributed by atoms with E-state index >= 15 is 0 Å². The fraction of sp³-hybridized carbons (Fsp3) is 0.625. The number of rotatable bonds is 1. The first kappa shape index (κ1) is 7.99. The molecule has 10 heavy (non-hydrogen) atoms. The first-order valence-electron chi connectivity index (χ1n) is 3.58. The van der Waals surface area contributed by atoms with Crippen LogP contribution in [0.25, 0.3) is 0 Å². The van der Waals surface area contributed by atoms with Gasteiger partial charge in [-0.3, -0.25) is 4.99 Å². The minimum absolute atomic E-state index is 0.660. The van der Waals surface area contributed by atoms with Crippen LogP contribution in [0.15, 0.2) is 15.6 Å². The molecule has 1 rings (SSSR count). The van der Waals surface area contributed by atoms with Crippen LogP contribution in [-0.4, -0.2) is 12.3 Å². The van der Waals surface area contributed by atoms with Crippen LogP contribution in [-0.2, 0) is 0 Å². The van der Waals surface area contributed by atoms with Crippen LogP contribution in [0.3, 0.4) is 0 Å². The minimum Gasteiger partial charge on any atom is -0.289 e. The quantitative estimate of drug-likeness (QED) is 0.619. The van der Waals surface area contributed by atoms with E-state index in [9.17, 15) is 0 Å². The first-order valence-corrected chi connectivity index (χ1v) is 4.37. The molecular formula is C8H12BrN. The molecular weight excluding hydrogens is 190 g/mol. The summed E-state index contributed by atoms with van der Waals surface area (Å²) in [4.78, 5) is 4.37. The van der Waals surface area contributed by atoms with E-state index in [1.165, 1.54) is 16.6 Å². The van der Waals surface area contributed by atoms with Crippen molar-refractivity contribution in [1.82, 2.24) is 0 Å². The van der Waals surface area contributed by atoms with Crippen molar-refractivity contribution in [3.8, 4) is 0 Å². The fourth-order valence-corrected chi connectivity index (χ4v) is 1.32. The number of allylic oxidation sites excluding steroid dienone is 2. The molecule has 0 amide bonds. The molecule has 0 saturated carbocycles. The second kappa shape index (κ2) is 3.33. The number of aliphatic imine (C=N–C) groups is 1. The lowest BCUT2D eigenvalue weighted by Gasteiger charge is -1.99. The van der Waals surface area contributed by atoms with E-state index in [0.29, 0.717) is 5.92 Å². The average Bonchev–Trinajstić information content (AvgIpc) is 2.15. The molecule has 2 heteroatoms. The van der Waals surface area contributed by atoms with Crippen molar-refractivity contribution in [2.75, 3.05) is 6.54 Å². The molecule has 0 bridgehead atoms. The number of hydrogen-bond donors (Lipinski definition) is 0. The lowest BCUT2D eigenvalue weighted by molar-refractivity contribution is 0.751. The van der Waals surface area contributed by atoms with Crippen LogP contribution in [0.5, 0.6) is 0 Å². The third-order valence-corrected chi connectivity index (χ3v) is 1.94. The summed E-state index contributed by atoms with van der Waals surface area (Å²) in [7, 11) is 0. The molecule has 0 aromatic rings. The van der Waals surface area contributed by atoms with Crippen molar-refractivity contribution >= 4 is 21.6 Å². The molecule has 0 spiro atoms. The lowest BCUT2D eigenvalue weighted by Crippen LogP contribution is -2.01. The molecule has 0 aliphatic carbocycles. The largest absolute Gasteiger partial charge is 0.289 e. The molecule has 1 atom stereocenters. The van der Waals surface area contributed by atoms with Gasteiger partial charge in [-0.25, -0.2) is 0 Å². The highest BCUT2D eigenvalue weighted by Gasteiger charge is 2.12. The molecule has 0 saturated heterocycles. The summed E-state index contributed by atoms with van der Waals surface area (Å²) >= 11 is 3.39. The standard InChI is InChI=1S/C8H12BrN/c1-6-3-4-10-8(6)5-7(2)9/h5-6H,3-4H2,1-2H3/b7-5+. The Morgan fingerprint density at radius 1 is 1.80 bits per heavy atom. The molecule has 1 aliphatic rings. The maximum Gasteiger partial charge on any atom is 0.0398 e. The minimum atomic E-state index is 0.660. The molecule has 1 nitrogen and oxygen atoms in total. The van der Waals surface area contributed by atoms with E-state index < -0.39 is 0 Å². The van der Waals surface area contributed by atoms with Gasteiger partial charge in [-0.1, -0.05) is 22.9 Å². The van der Waals surface area contributed by atoms with Gasteiger partial charge in [0.2, 0.25) is 0 Å². The summed E-state index contributed by atoms with van der Waals surface area (Å²) in [6.45, 7) is 5.26. The van der Waals surface area contributed by atoms with Gasteiger partial charge in [-0.2, -0.15) is 0 Å². The normalized spacial score (nSPS) is 26.9. The molecule has 1 aliphatic heterocycles. The Labute approximate surface area is 70.4 Å². The Morgan fingerprint density at radius 2 is 2.50 bits per heavy atom. The van der Waals surface area contributed by atoms with Crippen LogP contribution in [0.4, 0.5) is 0 Å². The highest BCUT2D eigenvalue weighted by Crippen LogP contribution is 2.16. The lowest BCUT2D eigenvalue weighted by atomic mass is 10.1. The van der Waals surface area contributed by atoms with E-state index in [2.05, 4.69) is 33.9 Å². The van der Waals surface area contributed by atoms with E-state index in [-0.39, 0.29) is 0 Å². The van der Waals surface area contributed by atoms with Crippen molar-refractivity contribution in [2.24, 2.45) is 10.9 Å². The summed E-state index contributed by atoms with van der Waals surface area (Å²) in [6.07, 6.45) is 3.32. The Kier molecular flexibility index (Phi) is 2.66. The third kappa shape index (κ3) is 1.94. The van der Waals surface area contributed by atoms with Crippen LogP contribution in [0, 0.1) is 5.92 Å². The van der Waals surface area contributed by atoms with Crippen LogP contribution < -0.4 is 0 Å². The Balaban J connectivity index is 2.64. The smallest absolute Gasteiger partial charge is 0.0398 e. The molecule has 56 valence electrons. The van der Waals surface area contributed by atoms with Crippen molar-refractivity contribution in [2.45, 2.75) is 20.3 Å². The van der Waals surface area contributed by atoms with Gasteiger partial charge < -0.3 is 0 Å². The van der Waals surface area contributed by atoms with E-state index in [1.54, 1.807) is 0 Å². The van der Waals surface area contributed by atoms with Crippen LogP contribution >= 0.6 is 15.9 Å². The fourth-order valence-electron chi connectivity index (χ4n) is 1.08. The zero-order valence-electron chi connectivity index (χ0n) is 6.39. The van der Waals surface area contributed by atoms with Gasteiger partial charge in [0.1, 0.15) is 0 Å². The third-order valence-electron chi connectivity index (χ3n) is 1.71. The predicted octanol–water partition coefficient (Wildman–Crippen LogP) is 2.77. The van der Waals surface area contributed by atoms with Crippen LogP contribution in [0.2, 0.25) is 0 Å². The second-order valence-electron chi connectivity index (χ2n) is 2.73. The van der Waals surface area contributed by atoms with Crippen molar-refractivity contribution < 1.29 is 0 Å². The highest BCUT2D eigenvalue weighted by atomic mass is 79.9. The zero-order chi connectivity index (χ0) is 7.56. The average molecular weight is 202 g/mol. The molecule has 0 N–H and O–H groups in total. The van der Waals surface area contributed by atoms with Crippen molar-refractivity contribution in [3.05, 3.63) is 10.6 Å². The van der Waals surface area contributed by atoms with Gasteiger partial charge in [0.15, 0.2) is 0 Å². The maximum atomic E-state index is 4.37. The van der Waals surface area contributed by atoms with Gasteiger partial charge in [0.25, 0.3) is 0 Å². The van der Waals surface area contributed by atoms with Gasteiger partial charge in [0, 0.05) is 12.3 Å². The van der Waals surface area contributed by atoms with Gasteiger partial charge in [0.05, 0.1) is 0 Å². The topological polar surface area (TPSA) is 12.4 Å². The highest BCUT2D eigenvalue weighted by molar-refractivity contribution is 9.11. The van der Waals surface area contributed by atoms with Gasteiger partial charge >= 0.3 is 0 Å². The van der Waals surface area contributed by atoms with Crippen molar-refractivity contribution in [3.63, 3.8) is 0 Å². The number of halogens is 1. The molecule has 1 unspecified atom stereocenters. The number of hydrogen-bond acceptors (Lipinski definition) is 1. The summed E-state index contributed by atoms with van der Waals surface area (Å²) < 4.78 is 1.17. The summed E-state index contributed by atoms with van der Waals surface area (Å²) in [5.74, 6) is 0.660. The van der Waals surface area contributed by atoms with E-state index in [4.69, 9.17) is 0 Å². The molecule has 0 aromatic heterocycles. The predicted molar refractivity (Wildman–Crippen MR) is 48.8 cm³/mol. The SMILES string of the molecule is C/C(Br)=C\C1=NCCC1C. The monoisotopic (exact) mass is 201 g/mol. The van der Waals surface area contributed by atoms with Crippen LogP contribution in [0.1, 0.15) is 20.3 Å². The molecule has 0 fully saturated rings. The zero-order valence-corrected chi connectivity index (χ0v) is 7.98. The summed E-state index contributed by atoms with van der Waals surface area (Å²) in [5.41, 5.74) is 1.24. The molecule has 0 radical (unpaired) electrons.